The third-order valence-electron chi connectivity index (χ3n) is 7.83. The summed E-state index contributed by atoms with van der Waals surface area (Å²) >= 11 is 0. The third kappa shape index (κ3) is 7.76. The van der Waals surface area contributed by atoms with Crippen molar-refractivity contribution in [3.8, 4) is 0 Å². The zero-order valence-corrected chi connectivity index (χ0v) is 25.1. The molecule has 0 aromatic heterocycles. The fourth-order valence-electron chi connectivity index (χ4n) is 5.46. The van der Waals surface area contributed by atoms with Gasteiger partial charge < -0.3 is 10.2 Å². The molecule has 3 aromatic rings. The minimum Gasteiger partial charge on any atom is -0.352 e. The number of hydrogen-bond donors (Lipinski definition) is 1. The van der Waals surface area contributed by atoms with E-state index in [1.807, 2.05) is 56.3 Å². The lowest BCUT2D eigenvalue weighted by atomic mass is 9.95. The summed E-state index contributed by atoms with van der Waals surface area (Å²) < 4.78 is 29.1. The van der Waals surface area contributed by atoms with Crippen molar-refractivity contribution in [3.63, 3.8) is 0 Å². The van der Waals surface area contributed by atoms with Crippen LogP contribution >= 0.6 is 0 Å². The van der Waals surface area contributed by atoms with Crippen LogP contribution in [-0.2, 0) is 26.0 Å². The molecule has 1 aliphatic rings. The van der Waals surface area contributed by atoms with Gasteiger partial charge >= 0.3 is 0 Å². The number of carbonyl (C=O) groups excluding carboxylic acids is 2. The molecule has 7 nitrogen and oxygen atoms in total. The summed E-state index contributed by atoms with van der Waals surface area (Å²) in [6, 6.07) is 22.8. The summed E-state index contributed by atoms with van der Waals surface area (Å²) in [5.74, 6) is -0.631. The summed E-state index contributed by atoms with van der Waals surface area (Å²) in [5.41, 5.74) is 3.21. The molecular formula is C33H41N3O4S. The van der Waals surface area contributed by atoms with Crippen molar-refractivity contribution in [3.05, 3.63) is 95.6 Å². The number of aryl methyl sites for hydroxylation is 2. The molecule has 1 saturated carbocycles. The van der Waals surface area contributed by atoms with E-state index in [2.05, 4.69) is 5.32 Å². The molecule has 1 aliphatic carbocycles. The van der Waals surface area contributed by atoms with Crippen LogP contribution in [0.4, 0.5) is 5.69 Å². The van der Waals surface area contributed by atoms with Gasteiger partial charge in [0.1, 0.15) is 12.6 Å². The first-order valence-corrected chi connectivity index (χ1v) is 15.9. The maximum Gasteiger partial charge on any atom is 0.264 e. The van der Waals surface area contributed by atoms with Crippen LogP contribution in [0.2, 0.25) is 0 Å². The van der Waals surface area contributed by atoms with Crippen molar-refractivity contribution in [1.29, 1.82) is 0 Å². The van der Waals surface area contributed by atoms with E-state index in [-0.39, 0.29) is 23.4 Å². The van der Waals surface area contributed by atoms with Gasteiger partial charge in [0, 0.05) is 12.6 Å². The van der Waals surface area contributed by atoms with E-state index >= 15 is 0 Å². The highest BCUT2D eigenvalue weighted by Gasteiger charge is 2.33. The average molecular weight is 576 g/mol. The monoisotopic (exact) mass is 575 g/mol. The molecule has 8 heteroatoms. The molecule has 41 heavy (non-hydrogen) atoms. The standard InChI is InChI=1S/C33H41N3O4S/c1-25-19-20-31(26(2)23-25)36(41(39,40)30-17-11-6-12-18-30)24-32(37)35(22-21-28-13-7-4-8-14-28)27(3)33(38)34-29-15-9-5-10-16-29/h4,6-8,11-14,17-20,23,27,29H,5,9-10,15-16,21-22,24H2,1-3H3,(H,34,38)/t27-/m0/s1. The highest BCUT2D eigenvalue weighted by Crippen LogP contribution is 2.28. The Hall–Kier alpha value is -3.65. The van der Waals surface area contributed by atoms with Crippen molar-refractivity contribution in [1.82, 2.24) is 10.2 Å². The minimum atomic E-state index is -4.07. The van der Waals surface area contributed by atoms with Crippen molar-refractivity contribution >= 4 is 27.5 Å². The van der Waals surface area contributed by atoms with Crippen LogP contribution in [0.15, 0.2) is 83.8 Å². The fraction of sp³-hybridized carbons (Fsp3) is 0.394. The molecule has 3 aromatic carbocycles. The van der Waals surface area contributed by atoms with Crippen LogP contribution in [0.3, 0.4) is 0 Å². The maximum atomic E-state index is 14.1. The van der Waals surface area contributed by atoms with Crippen LogP contribution in [0.25, 0.3) is 0 Å². The molecule has 4 rings (SSSR count). The Balaban J connectivity index is 1.65. The lowest BCUT2D eigenvalue weighted by Gasteiger charge is -2.33. The Morgan fingerprint density at radius 1 is 0.902 bits per heavy atom. The van der Waals surface area contributed by atoms with Crippen LogP contribution in [0, 0.1) is 13.8 Å². The highest BCUT2D eigenvalue weighted by molar-refractivity contribution is 7.92. The molecule has 0 saturated heterocycles. The van der Waals surface area contributed by atoms with Crippen LogP contribution < -0.4 is 9.62 Å². The van der Waals surface area contributed by atoms with Gasteiger partial charge in [-0.05, 0) is 69.4 Å². The van der Waals surface area contributed by atoms with Gasteiger partial charge in [-0.25, -0.2) is 8.42 Å². The number of nitrogens with one attached hydrogen (secondary N) is 1. The summed E-state index contributed by atoms with van der Waals surface area (Å²) in [4.78, 5) is 29.1. The molecule has 0 bridgehead atoms. The van der Waals surface area contributed by atoms with Gasteiger partial charge in [-0.15, -0.1) is 0 Å². The molecule has 0 aliphatic heterocycles. The zero-order valence-electron chi connectivity index (χ0n) is 24.3. The number of rotatable bonds is 11. The largest absolute Gasteiger partial charge is 0.352 e. The zero-order chi connectivity index (χ0) is 29.4. The molecule has 0 unspecified atom stereocenters. The number of carbonyl (C=O) groups is 2. The topological polar surface area (TPSA) is 86.8 Å². The molecule has 1 atom stereocenters. The van der Waals surface area contributed by atoms with Crippen LogP contribution in [-0.4, -0.2) is 50.3 Å². The van der Waals surface area contributed by atoms with E-state index in [9.17, 15) is 18.0 Å². The number of hydrogen-bond acceptors (Lipinski definition) is 4. The highest BCUT2D eigenvalue weighted by atomic mass is 32.2. The lowest BCUT2D eigenvalue weighted by molar-refractivity contribution is -0.139. The van der Waals surface area contributed by atoms with E-state index in [0.717, 1.165) is 42.4 Å². The van der Waals surface area contributed by atoms with Gasteiger partial charge in [0.25, 0.3) is 10.0 Å². The fourth-order valence-corrected chi connectivity index (χ4v) is 6.96. The van der Waals surface area contributed by atoms with Crippen LogP contribution in [0.1, 0.15) is 55.7 Å². The minimum absolute atomic E-state index is 0.103. The van der Waals surface area contributed by atoms with Gasteiger partial charge in [0.15, 0.2) is 0 Å². The second-order valence-corrected chi connectivity index (χ2v) is 12.8. The molecule has 0 radical (unpaired) electrons. The van der Waals surface area contributed by atoms with Gasteiger partial charge in [0.2, 0.25) is 11.8 Å². The van der Waals surface area contributed by atoms with Crippen LogP contribution in [0.5, 0.6) is 0 Å². The van der Waals surface area contributed by atoms with Gasteiger partial charge in [-0.1, -0.05) is 85.5 Å². The first-order chi connectivity index (χ1) is 19.7. The smallest absolute Gasteiger partial charge is 0.264 e. The number of nitrogens with zero attached hydrogens (tertiary/aromatic N) is 2. The van der Waals surface area contributed by atoms with Crippen molar-refractivity contribution in [2.24, 2.45) is 0 Å². The Bertz CT molecular complexity index is 1420. The molecule has 0 spiro atoms. The molecule has 1 fully saturated rings. The molecule has 2 amide bonds. The number of benzene rings is 3. The van der Waals surface area contributed by atoms with Gasteiger partial charge in [0.05, 0.1) is 10.6 Å². The summed E-state index contributed by atoms with van der Waals surface area (Å²) in [5, 5.41) is 3.14. The molecular weight excluding hydrogens is 534 g/mol. The Kier molecular flexibility index (Phi) is 10.2. The second kappa shape index (κ2) is 13.8. The average Bonchev–Trinajstić information content (AvgIpc) is 2.97. The van der Waals surface area contributed by atoms with E-state index in [0.29, 0.717) is 12.1 Å². The first-order valence-electron chi connectivity index (χ1n) is 14.5. The van der Waals surface area contributed by atoms with E-state index < -0.39 is 28.5 Å². The Labute approximate surface area is 244 Å². The van der Waals surface area contributed by atoms with Gasteiger partial charge in [-0.2, -0.15) is 0 Å². The van der Waals surface area contributed by atoms with E-state index in [1.165, 1.54) is 27.8 Å². The van der Waals surface area contributed by atoms with Crippen molar-refractivity contribution < 1.29 is 18.0 Å². The molecule has 1 N–H and O–H groups in total. The second-order valence-electron chi connectivity index (χ2n) is 11.0. The summed E-state index contributed by atoms with van der Waals surface area (Å²) in [6.07, 6.45) is 5.76. The van der Waals surface area contributed by atoms with Crippen molar-refractivity contribution in [2.45, 2.75) is 76.3 Å². The number of amides is 2. The van der Waals surface area contributed by atoms with Crippen molar-refractivity contribution in [2.75, 3.05) is 17.4 Å². The predicted molar refractivity (Wildman–Crippen MR) is 163 cm³/mol. The predicted octanol–water partition coefficient (Wildman–Crippen LogP) is 5.41. The Morgan fingerprint density at radius 3 is 2.17 bits per heavy atom. The molecule has 0 heterocycles. The lowest BCUT2D eigenvalue weighted by Crippen LogP contribution is -2.53. The SMILES string of the molecule is Cc1ccc(N(CC(=O)N(CCc2ccccc2)[C@@H](C)C(=O)NC2CCCCC2)S(=O)(=O)c2ccccc2)c(C)c1. The van der Waals surface area contributed by atoms with Gasteiger partial charge in [-0.3, -0.25) is 13.9 Å². The molecule has 218 valence electrons. The quantitative estimate of drug-likeness (QED) is 0.331. The maximum absolute atomic E-state index is 14.1. The number of sulfonamides is 1. The normalized spacial score (nSPS) is 14.7. The first kappa shape index (κ1) is 30.3. The summed E-state index contributed by atoms with van der Waals surface area (Å²) in [6.45, 7) is 5.38. The Morgan fingerprint density at radius 2 is 1.54 bits per heavy atom. The van der Waals surface area contributed by atoms with E-state index in [4.69, 9.17) is 0 Å². The summed E-state index contributed by atoms with van der Waals surface area (Å²) in [7, 11) is -4.07. The number of anilines is 1. The van der Waals surface area contributed by atoms with E-state index in [1.54, 1.807) is 31.2 Å². The third-order valence-corrected chi connectivity index (χ3v) is 9.61.